The first-order chi connectivity index (χ1) is 10.5. The topological polar surface area (TPSA) is 126 Å². The highest BCUT2D eigenvalue weighted by Gasteiger charge is 2.17. The van der Waals surface area contributed by atoms with Crippen molar-refractivity contribution in [2.75, 3.05) is 0 Å². The van der Waals surface area contributed by atoms with Crippen molar-refractivity contribution < 1.29 is 4.79 Å². The van der Waals surface area contributed by atoms with Gasteiger partial charge in [0.05, 0.1) is 11.0 Å². The van der Waals surface area contributed by atoms with Crippen LogP contribution in [0.1, 0.15) is 10.5 Å². The van der Waals surface area contributed by atoms with Crippen LogP contribution in [-0.2, 0) is 7.05 Å². The lowest BCUT2D eigenvalue weighted by Gasteiger charge is -2.06. The zero-order chi connectivity index (χ0) is 15.9. The number of carbonyl (C=O) groups excluding carboxylic acids is 1. The van der Waals surface area contributed by atoms with E-state index < -0.39 is 17.0 Å². The summed E-state index contributed by atoms with van der Waals surface area (Å²) in [6.45, 7) is 0. The van der Waals surface area contributed by atoms with Crippen molar-refractivity contribution >= 4 is 39.7 Å². The van der Waals surface area contributed by atoms with E-state index in [2.05, 4.69) is 25.1 Å². The van der Waals surface area contributed by atoms with E-state index in [1.807, 2.05) is 0 Å². The molecule has 9 nitrogen and oxygen atoms in total. The summed E-state index contributed by atoms with van der Waals surface area (Å²) in [4.78, 5) is 34.8. The van der Waals surface area contributed by atoms with Crippen molar-refractivity contribution in [3.63, 3.8) is 0 Å². The molecule has 0 saturated heterocycles. The van der Waals surface area contributed by atoms with Crippen LogP contribution in [0.2, 0.25) is 5.02 Å². The molecule has 0 aliphatic heterocycles. The molecule has 3 aromatic rings. The zero-order valence-electron chi connectivity index (χ0n) is 11.1. The van der Waals surface area contributed by atoms with Crippen molar-refractivity contribution in [3.8, 4) is 0 Å². The normalized spacial score (nSPS) is 10.6. The summed E-state index contributed by atoms with van der Waals surface area (Å²) in [5.41, 5.74) is 8.13. The molecule has 0 aliphatic carbocycles. The molecule has 2 heterocycles. The lowest BCUT2D eigenvalue weighted by atomic mass is 10.2. The fraction of sp³-hybridized carbons (Fsp3) is 0.0833. The molecule has 2 aromatic heterocycles. The number of benzene rings is 1. The van der Waals surface area contributed by atoms with Crippen molar-refractivity contribution in [2.45, 2.75) is 0 Å². The molecular weight excluding hydrogens is 310 g/mol. The number of aromatic nitrogens is 4. The fourth-order valence-corrected chi connectivity index (χ4v) is 2.15. The molecular formula is C12H6ClN7O2. The van der Waals surface area contributed by atoms with Crippen LogP contribution in [0.3, 0.4) is 0 Å². The Morgan fingerprint density at radius 1 is 1.36 bits per heavy atom. The van der Waals surface area contributed by atoms with E-state index >= 15 is 0 Å². The van der Waals surface area contributed by atoms with Gasteiger partial charge in [-0.15, -0.1) is 0 Å². The second-order valence-electron chi connectivity index (χ2n) is 4.32. The first-order valence-electron chi connectivity index (χ1n) is 5.95. The number of hydrogen-bond donors (Lipinski definition) is 0. The van der Waals surface area contributed by atoms with Crippen LogP contribution in [0, 0.1) is 0 Å². The third-order valence-corrected chi connectivity index (χ3v) is 3.17. The predicted molar refractivity (Wildman–Crippen MR) is 78.6 cm³/mol. The Balaban J connectivity index is 2.44. The molecule has 0 radical (unpaired) electrons. The van der Waals surface area contributed by atoms with Gasteiger partial charge in [0.15, 0.2) is 16.9 Å². The summed E-state index contributed by atoms with van der Waals surface area (Å²) in [6, 6.07) is 4.86. The summed E-state index contributed by atoms with van der Waals surface area (Å²) in [6.07, 6.45) is 0. The summed E-state index contributed by atoms with van der Waals surface area (Å²) < 4.78 is 1.23. The number of carbonyl (C=O) groups is 1. The SMILES string of the molecule is Cn1nc(C(=O)N=[N+]=[N-])c(=O)c2nc3cc(Cl)ccc3nc21. The second kappa shape index (κ2) is 5.06. The smallest absolute Gasteiger partial charge is 0.273 e. The number of halogens is 1. The van der Waals surface area contributed by atoms with E-state index in [9.17, 15) is 9.59 Å². The Kier molecular flexibility index (Phi) is 3.21. The van der Waals surface area contributed by atoms with Crippen molar-refractivity contribution in [1.29, 1.82) is 0 Å². The van der Waals surface area contributed by atoms with E-state index in [-0.39, 0.29) is 11.2 Å². The van der Waals surface area contributed by atoms with Gasteiger partial charge in [0.25, 0.3) is 5.91 Å². The van der Waals surface area contributed by atoms with Gasteiger partial charge in [-0.25, -0.2) is 14.6 Å². The van der Waals surface area contributed by atoms with E-state index in [1.165, 1.54) is 11.7 Å². The van der Waals surface area contributed by atoms with Crippen LogP contribution in [0.25, 0.3) is 32.6 Å². The number of nitrogens with zero attached hydrogens (tertiary/aromatic N) is 7. The minimum atomic E-state index is -1.07. The molecule has 0 atom stereocenters. The lowest BCUT2D eigenvalue weighted by Crippen LogP contribution is -2.22. The molecule has 1 aromatic carbocycles. The third kappa shape index (κ3) is 2.14. The molecule has 0 N–H and O–H groups in total. The highest BCUT2D eigenvalue weighted by Crippen LogP contribution is 2.18. The molecule has 0 saturated carbocycles. The van der Waals surface area contributed by atoms with E-state index in [0.29, 0.717) is 16.1 Å². The van der Waals surface area contributed by atoms with Gasteiger partial charge in [0.2, 0.25) is 5.43 Å². The molecule has 1 amide bonds. The van der Waals surface area contributed by atoms with Gasteiger partial charge in [-0.3, -0.25) is 9.59 Å². The van der Waals surface area contributed by atoms with Crippen LogP contribution in [0.15, 0.2) is 28.1 Å². The molecule has 22 heavy (non-hydrogen) atoms. The second-order valence-corrected chi connectivity index (χ2v) is 4.76. The van der Waals surface area contributed by atoms with Gasteiger partial charge in [-0.05, 0) is 28.8 Å². The monoisotopic (exact) mass is 315 g/mol. The maximum atomic E-state index is 12.3. The molecule has 108 valence electrons. The summed E-state index contributed by atoms with van der Waals surface area (Å²) in [5, 5.41) is 7.12. The molecule has 10 heteroatoms. The number of azide groups is 1. The largest absolute Gasteiger partial charge is 0.285 e. The number of fused-ring (bicyclic) bond motifs is 2. The molecule has 0 spiro atoms. The average molecular weight is 316 g/mol. The Bertz CT molecular complexity index is 1050. The van der Waals surface area contributed by atoms with Gasteiger partial charge < -0.3 is 0 Å². The van der Waals surface area contributed by atoms with Crippen LogP contribution in [0.4, 0.5) is 0 Å². The summed E-state index contributed by atoms with van der Waals surface area (Å²) in [7, 11) is 1.51. The van der Waals surface area contributed by atoms with Crippen molar-refractivity contribution in [2.24, 2.45) is 12.2 Å². The molecule has 0 aliphatic rings. The van der Waals surface area contributed by atoms with Gasteiger partial charge >= 0.3 is 0 Å². The summed E-state index contributed by atoms with van der Waals surface area (Å²) >= 11 is 5.89. The Morgan fingerprint density at radius 3 is 2.86 bits per heavy atom. The minimum Gasteiger partial charge on any atom is -0.285 e. The van der Waals surface area contributed by atoms with Crippen LogP contribution < -0.4 is 5.43 Å². The number of aryl methyl sites for hydroxylation is 1. The fourth-order valence-electron chi connectivity index (χ4n) is 1.98. The van der Waals surface area contributed by atoms with E-state index in [4.69, 9.17) is 17.1 Å². The first-order valence-corrected chi connectivity index (χ1v) is 6.33. The van der Waals surface area contributed by atoms with Crippen LogP contribution >= 0.6 is 11.6 Å². The van der Waals surface area contributed by atoms with E-state index in [1.54, 1.807) is 18.2 Å². The molecule has 3 rings (SSSR count). The molecule has 0 fully saturated rings. The van der Waals surface area contributed by atoms with Crippen LogP contribution in [-0.4, -0.2) is 25.7 Å². The van der Waals surface area contributed by atoms with Gasteiger partial charge in [-0.1, -0.05) is 11.6 Å². The maximum absolute atomic E-state index is 12.3. The average Bonchev–Trinajstić information content (AvgIpc) is 2.49. The molecule has 0 unspecified atom stereocenters. The van der Waals surface area contributed by atoms with Crippen molar-refractivity contribution in [3.05, 3.63) is 49.6 Å². The number of hydrogen-bond acceptors (Lipinski definition) is 5. The predicted octanol–water partition coefficient (Wildman–Crippen LogP) is 1.98. The quantitative estimate of drug-likeness (QED) is 0.293. The third-order valence-electron chi connectivity index (χ3n) is 2.93. The Labute approximate surface area is 126 Å². The van der Waals surface area contributed by atoms with Crippen LogP contribution in [0.5, 0.6) is 0 Å². The lowest BCUT2D eigenvalue weighted by molar-refractivity contribution is 0.0993. The summed E-state index contributed by atoms with van der Waals surface area (Å²) in [5.74, 6) is -1.07. The van der Waals surface area contributed by atoms with Gasteiger partial charge in [0, 0.05) is 17.0 Å². The maximum Gasteiger partial charge on any atom is 0.273 e. The standard InChI is InChI=1S/C12H6ClN7O2/c1-20-11-8(10(21)9(18-20)12(22)17-19-14)15-7-4-5(13)2-3-6(7)16-11/h2-4H,1H3. The Morgan fingerprint density at radius 2 is 2.14 bits per heavy atom. The zero-order valence-corrected chi connectivity index (χ0v) is 11.8. The van der Waals surface area contributed by atoms with E-state index in [0.717, 1.165) is 0 Å². The van der Waals surface area contributed by atoms with Crippen molar-refractivity contribution in [1.82, 2.24) is 19.7 Å². The van der Waals surface area contributed by atoms with Gasteiger partial charge in [0.1, 0.15) is 0 Å². The minimum absolute atomic E-state index is 0.0521. The highest BCUT2D eigenvalue weighted by molar-refractivity contribution is 6.31. The van der Waals surface area contributed by atoms with Gasteiger partial charge in [-0.2, -0.15) is 5.10 Å². The number of amides is 1. The Hall–Kier alpha value is -3.03. The first kappa shape index (κ1) is 13.9. The highest BCUT2D eigenvalue weighted by atomic mass is 35.5. The molecule has 0 bridgehead atoms. The number of rotatable bonds is 1.